The van der Waals surface area contributed by atoms with Gasteiger partial charge in [0, 0.05) is 17.3 Å². The molecule has 0 aromatic rings. The third-order valence-electron chi connectivity index (χ3n) is 3.07. The summed E-state index contributed by atoms with van der Waals surface area (Å²) in [6.07, 6.45) is 6.58. The van der Waals surface area contributed by atoms with Gasteiger partial charge in [0.2, 0.25) is 0 Å². The van der Waals surface area contributed by atoms with Crippen LogP contribution in [-0.4, -0.2) is 6.21 Å². The third kappa shape index (κ3) is 2.57. The van der Waals surface area contributed by atoms with E-state index in [0.717, 1.165) is 5.70 Å². The lowest BCUT2D eigenvalue weighted by atomic mass is 10.0. The summed E-state index contributed by atoms with van der Waals surface area (Å²) in [4.78, 5) is 4.46. The summed E-state index contributed by atoms with van der Waals surface area (Å²) < 4.78 is 0. The van der Waals surface area contributed by atoms with Crippen molar-refractivity contribution in [2.45, 2.75) is 40.5 Å². The van der Waals surface area contributed by atoms with Crippen molar-refractivity contribution in [3.63, 3.8) is 0 Å². The minimum Gasteiger partial charge on any atom is -0.261 e. The highest BCUT2D eigenvalue weighted by molar-refractivity contribution is 5.79. The zero-order valence-corrected chi connectivity index (χ0v) is 9.80. The molecule has 0 amide bonds. The van der Waals surface area contributed by atoms with Crippen LogP contribution in [-0.2, 0) is 0 Å². The number of nitrogens with zero attached hydrogens (tertiary/aromatic N) is 1. The van der Waals surface area contributed by atoms with Gasteiger partial charge in [-0.1, -0.05) is 33.4 Å². The van der Waals surface area contributed by atoms with Crippen molar-refractivity contribution in [2.24, 2.45) is 16.3 Å². The average molecular weight is 191 g/mol. The Morgan fingerprint density at radius 3 is 2.36 bits per heavy atom. The molecule has 1 fully saturated rings. The number of rotatable bonds is 4. The van der Waals surface area contributed by atoms with Crippen molar-refractivity contribution in [1.82, 2.24) is 0 Å². The molecule has 0 radical (unpaired) electrons. The summed E-state index contributed by atoms with van der Waals surface area (Å²) in [5.41, 5.74) is 2.64. The van der Waals surface area contributed by atoms with Crippen LogP contribution in [0.1, 0.15) is 40.5 Å². The molecular weight excluding hydrogens is 170 g/mol. The molecule has 0 bridgehead atoms. The first-order valence-corrected chi connectivity index (χ1v) is 5.39. The van der Waals surface area contributed by atoms with Crippen LogP contribution in [0.2, 0.25) is 0 Å². The first kappa shape index (κ1) is 11.2. The van der Waals surface area contributed by atoms with E-state index >= 15 is 0 Å². The van der Waals surface area contributed by atoms with Gasteiger partial charge in [-0.05, 0) is 31.3 Å². The first-order chi connectivity index (χ1) is 6.49. The Labute approximate surface area is 87.6 Å². The van der Waals surface area contributed by atoms with Gasteiger partial charge in [0.15, 0.2) is 0 Å². The van der Waals surface area contributed by atoms with Gasteiger partial charge >= 0.3 is 0 Å². The summed E-state index contributed by atoms with van der Waals surface area (Å²) in [5, 5.41) is 0. The predicted octanol–water partition coefficient (Wildman–Crippen LogP) is 3.97. The Bertz CT molecular complexity index is 278. The molecule has 0 spiro atoms. The van der Waals surface area contributed by atoms with Crippen molar-refractivity contribution in [1.29, 1.82) is 0 Å². The third-order valence-corrected chi connectivity index (χ3v) is 3.07. The molecule has 0 unspecified atom stereocenters. The van der Waals surface area contributed by atoms with E-state index in [1.165, 1.54) is 18.4 Å². The van der Waals surface area contributed by atoms with E-state index in [2.05, 4.69) is 45.3 Å². The molecule has 0 atom stereocenters. The molecule has 0 aliphatic heterocycles. The quantitative estimate of drug-likeness (QED) is 0.596. The number of hydrogen-bond donors (Lipinski definition) is 0. The topological polar surface area (TPSA) is 12.4 Å². The van der Waals surface area contributed by atoms with Crippen molar-refractivity contribution in [3.8, 4) is 0 Å². The van der Waals surface area contributed by atoms with Crippen molar-refractivity contribution >= 4 is 6.21 Å². The van der Waals surface area contributed by atoms with E-state index in [1.807, 2.05) is 6.21 Å². The lowest BCUT2D eigenvalue weighted by Gasteiger charge is -2.08. The van der Waals surface area contributed by atoms with Crippen LogP contribution in [0, 0.1) is 11.3 Å². The summed E-state index contributed by atoms with van der Waals surface area (Å²) in [6, 6.07) is 0. The molecule has 0 N–H and O–H groups in total. The number of aliphatic imine (C=N–C) groups is 1. The van der Waals surface area contributed by atoms with E-state index in [9.17, 15) is 0 Å². The molecule has 1 aliphatic rings. The van der Waals surface area contributed by atoms with Crippen molar-refractivity contribution in [2.75, 3.05) is 0 Å². The van der Waals surface area contributed by atoms with Gasteiger partial charge in [0.1, 0.15) is 0 Å². The molecule has 1 aliphatic carbocycles. The molecule has 1 saturated carbocycles. The molecule has 14 heavy (non-hydrogen) atoms. The highest BCUT2D eigenvalue weighted by Crippen LogP contribution is 2.51. The Kier molecular flexibility index (Phi) is 3.30. The molecule has 78 valence electrons. The molecular formula is C13H21N. The summed E-state index contributed by atoms with van der Waals surface area (Å²) in [7, 11) is 0. The van der Waals surface area contributed by atoms with E-state index < -0.39 is 0 Å². The second-order valence-corrected chi connectivity index (χ2v) is 4.71. The van der Waals surface area contributed by atoms with Crippen LogP contribution in [0.4, 0.5) is 0 Å². The lowest BCUT2D eigenvalue weighted by molar-refractivity contribution is 0.683. The molecule has 1 heteroatoms. The van der Waals surface area contributed by atoms with Gasteiger partial charge in [0.25, 0.3) is 0 Å². The van der Waals surface area contributed by atoms with Crippen LogP contribution >= 0.6 is 0 Å². The fourth-order valence-corrected chi connectivity index (χ4v) is 1.34. The molecule has 0 heterocycles. The van der Waals surface area contributed by atoms with E-state index in [1.54, 1.807) is 0 Å². The Hall–Kier alpha value is -0.850. The van der Waals surface area contributed by atoms with Gasteiger partial charge in [-0.25, -0.2) is 0 Å². The Morgan fingerprint density at radius 1 is 1.43 bits per heavy atom. The van der Waals surface area contributed by atoms with Crippen LogP contribution < -0.4 is 0 Å². The van der Waals surface area contributed by atoms with E-state index in [4.69, 9.17) is 0 Å². The minimum absolute atomic E-state index is 0.312. The fraction of sp³-hybridized carbons (Fsp3) is 0.615. The van der Waals surface area contributed by atoms with Crippen LogP contribution in [0.25, 0.3) is 0 Å². The number of allylic oxidation sites excluding steroid dienone is 3. The van der Waals surface area contributed by atoms with Crippen molar-refractivity contribution < 1.29 is 0 Å². The van der Waals surface area contributed by atoms with Gasteiger partial charge in [-0.2, -0.15) is 0 Å². The maximum atomic E-state index is 4.46. The van der Waals surface area contributed by atoms with Crippen LogP contribution in [0.15, 0.2) is 28.9 Å². The van der Waals surface area contributed by atoms with Gasteiger partial charge in [0.05, 0.1) is 0 Å². The zero-order chi connectivity index (χ0) is 10.8. The molecule has 0 aromatic carbocycles. The zero-order valence-electron chi connectivity index (χ0n) is 9.80. The fourth-order valence-electron chi connectivity index (χ4n) is 1.34. The first-order valence-electron chi connectivity index (χ1n) is 5.39. The van der Waals surface area contributed by atoms with E-state index in [-0.39, 0.29) is 0 Å². The second kappa shape index (κ2) is 4.12. The normalized spacial score (nSPS) is 20.5. The Balaban J connectivity index is 2.59. The van der Waals surface area contributed by atoms with Crippen LogP contribution in [0.5, 0.6) is 0 Å². The highest BCUT2D eigenvalue weighted by atomic mass is 14.8. The van der Waals surface area contributed by atoms with Gasteiger partial charge in [-0.15, -0.1) is 0 Å². The SMILES string of the molecule is C=C(/N=C\C(=C/C)C(C)C)C1(C)CC1. The smallest absolute Gasteiger partial charge is 0.0391 e. The molecule has 0 aromatic heterocycles. The van der Waals surface area contributed by atoms with Gasteiger partial charge in [-0.3, -0.25) is 4.99 Å². The number of hydrogen-bond acceptors (Lipinski definition) is 1. The van der Waals surface area contributed by atoms with E-state index in [0.29, 0.717) is 11.3 Å². The Morgan fingerprint density at radius 2 is 2.00 bits per heavy atom. The monoisotopic (exact) mass is 191 g/mol. The highest BCUT2D eigenvalue weighted by Gasteiger charge is 2.40. The molecule has 1 rings (SSSR count). The lowest BCUT2D eigenvalue weighted by Crippen LogP contribution is -1.98. The predicted molar refractivity (Wildman–Crippen MR) is 63.6 cm³/mol. The van der Waals surface area contributed by atoms with Crippen LogP contribution in [0.3, 0.4) is 0 Å². The maximum Gasteiger partial charge on any atom is 0.0391 e. The van der Waals surface area contributed by atoms with Gasteiger partial charge < -0.3 is 0 Å². The van der Waals surface area contributed by atoms with Crippen molar-refractivity contribution in [3.05, 3.63) is 23.9 Å². The second-order valence-electron chi connectivity index (χ2n) is 4.71. The molecule has 1 nitrogen and oxygen atoms in total. The minimum atomic E-state index is 0.312. The molecule has 0 saturated heterocycles. The summed E-state index contributed by atoms with van der Waals surface area (Å²) in [6.45, 7) is 12.7. The largest absolute Gasteiger partial charge is 0.261 e. The summed E-state index contributed by atoms with van der Waals surface area (Å²) in [5.74, 6) is 0.545. The average Bonchev–Trinajstić information content (AvgIpc) is 2.85. The standard InChI is InChI=1S/C13H21N/c1-6-12(10(2)3)9-14-11(4)13(5)7-8-13/h6,9-10H,4,7-8H2,1-3,5H3/b12-6+,14-9-. The summed E-state index contributed by atoms with van der Waals surface area (Å²) >= 11 is 0. The maximum absolute atomic E-state index is 4.46.